The fourth-order valence-electron chi connectivity index (χ4n) is 2.02. The summed E-state index contributed by atoms with van der Waals surface area (Å²) < 4.78 is 0. The first-order valence-electron chi connectivity index (χ1n) is 4.99. The van der Waals surface area contributed by atoms with Gasteiger partial charge in [-0.25, -0.2) is 0 Å². The molecule has 2 aliphatic heterocycles. The SMILES string of the molecule is CN1CCN(C2CCCN2)CC1=O. The van der Waals surface area contributed by atoms with E-state index in [4.69, 9.17) is 0 Å². The summed E-state index contributed by atoms with van der Waals surface area (Å²) in [6, 6.07) is 0. The van der Waals surface area contributed by atoms with E-state index in [-0.39, 0.29) is 5.91 Å². The number of hydrogen-bond donors (Lipinski definition) is 1. The molecular formula is C9H17N3O. The highest BCUT2D eigenvalue weighted by atomic mass is 16.2. The standard InChI is InChI=1S/C9H17N3O/c1-11-5-6-12(7-9(11)13)8-3-2-4-10-8/h8,10H,2-7H2,1H3. The summed E-state index contributed by atoms with van der Waals surface area (Å²) >= 11 is 0. The summed E-state index contributed by atoms with van der Waals surface area (Å²) in [5.41, 5.74) is 0. The van der Waals surface area contributed by atoms with Crippen molar-refractivity contribution < 1.29 is 4.79 Å². The van der Waals surface area contributed by atoms with E-state index in [1.54, 1.807) is 0 Å². The normalized spacial score (nSPS) is 31.3. The average Bonchev–Trinajstić information content (AvgIpc) is 2.62. The molecular weight excluding hydrogens is 166 g/mol. The number of hydrogen-bond acceptors (Lipinski definition) is 3. The maximum Gasteiger partial charge on any atom is 0.236 e. The molecule has 2 fully saturated rings. The third-order valence-corrected chi connectivity index (χ3v) is 2.96. The predicted molar refractivity (Wildman–Crippen MR) is 50.2 cm³/mol. The Kier molecular flexibility index (Phi) is 2.51. The lowest BCUT2D eigenvalue weighted by atomic mass is 10.2. The third-order valence-electron chi connectivity index (χ3n) is 2.96. The van der Waals surface area contributed by atoms with E-state index < -0.39 is 0 Å². The van der Waals surface area contributed by atoms with Crippen LogP contribution in [0.15, 0.2) is 0 Å². The molecule has 0 aromatic rings. The van der Waals surface area contributed by atoms with Gasteiger partial charge >= 0.3 is 0 Å². The number of rotatable bonds is 1. The lowest BCUT2D eigenvalue weighted by Gasteiger charge is -2.35. The van der Waals surface area contributed by atoms with Crippen molar-refractivity contribution in [1.82, 2.24) is 15.1 Å². The Labute approximate surface area is 78.9 Å². The van der Waals surface area contributed by atoms with Crippen LogP contribution in [-0.2, 0) is 4.79 Å². The van der Waals surface area contributed by atoms with Crippen LogP contribution in [0, 0.1) is 0 Å². The van der Waals surface area contributed by atoms with Gasteiger partial charge in [0.2, 0.25) is 5.91 Å². The molecule has 1 amide bonds. The van der Waals surface area contributed by atoms with Crippen LogP contribution in [0.5, 0.6) is 0 Å². The molecule has 0 bridgehead atoms. The van der Waals surface area contributed by atoms with Crippen molar-refractivity contribution in [3.8, 4) is 0 Å². The van der Waals surface area contributed by atoms with E-state index in [0.717, 1.165) is 19.6 Å². The third kappa shape index (κ3) is 1.84. The first-order chi connectivity index (χ1) is 6.27. The zero-order chi connectivity index (χ0) is 9.26. The van der Waals surface area contributed by atoms with E-state index in [2.05, 4.69) is 10.2 Å². The second-order valence-electron chi connectivity index (χ2n) is 3.90. The number of likely N-dealkylation sites (N-methyl/N-ethyl adjacent to an activating group) is 1. The molecule has 2 aliphatic rings. The largest absolute Gasteiger partial charge is 0.343 e. The van der Waals surface area contributed by atoms with Crippen molar-refractivity contribution in [2.75, 3.05) is 33.2 Å². The van der Waals surface area contributed by atoms with Crippen LogP contribution in [0.1, 0.15) is 12.8 Å². The summed E-state index contributed by atoms with van der Waals surface area (Å²) in [5.74, 6) is 0.250. The number of carbonyl (C=O) groups excluding carboxylic acids is 1. The Morgan fingerprint density at radius 1 is 1.46 bits per heavy atom. The molecule has 0 radical (unpaired) electrons. The Morgan fingerprint density at radius 3 is 2.92 bits per heavy atom. The number of carbonyl (C=O) groups is 1. The average molecular weight is 183 g/mol. The molecule has 0 saturated carbocycles. The Hall–Kier alpha value is -0.610. The molecule has 0 aromatic heterocycles. The molecule has 0 aliphatic carbocycles. The van der Waals surface area contributed by atoms with E-state index in [1.807, 2.05) is 11.9 Å². The van der Waals surface area contributed by atoms with Crippen molar-refractivity contribution in [1.29, 1.82) is 0 Å². The van der Waals surface area contributed by atoms with Crippen LogP contribution in [0.25, 0.3) is 0 Å². The maximum absolute atomic E-state index is 11.4. The lowest BCUT2D eigenvalue weighted by Crippen LogP contribution is -2.54. The van der Waals surface area contributed by atoms with E-state index in [9.17, 15) is 4.79 Å². The van der Waals surface area contributed by atoms with E-state index in [1.165, 1.54) is 12.8 Å². The van der Waals surface area contributed by atoms with Crippen molar-refractivity contribution >= 4 is 5.91 Å². The van der Waals surface area contributed by atoms with Crippen LogP contribution in [0.3, 0.4) is 0 Å². The molecule has 2 heterocycles. The quantitative estimate of drug-likeness (QED) is 0.593. The van der Waals surface area contributed by atoms with Gasteiger partial charge in [0.1, 0.15) is 0 Å². The monoisotopic (exact) mass is 183 g/mol. The fourth-order valence-corrected chi connectivity index (χ4v) is 2.02. The van der Waals surface area contributed by atoms with Crippen LogP contribution < -0.4 is 5.32 Å². The van der Waals surface area contributed by atoms with Gasteiger partial charge in [-0.05, 0) is 19.4 Å². The molecule has 13 heavy (non-hydrogen) atoms. The molecule has 2 rings (SSSR count). The molecule has 1 unspecified atom stereocenters. The second kappa shape index (κ2) is 3.64. The minimum atomic E-state index is 0.250. The van der Waals surface area contributed by atoms with Crippen molar-refractivity contribution in [3.05, 3.63) is 0 Å². The molecule has 74 valence electrons. The number of nitrogens with one attached hydrogen (secondary N) is 1. The van der Waals surface area contributed by atoms with Crippen molar-refractivity contribution in [3.63, 3.8) is 0 Å². The van der Waals surface area contributed by atoms with Gasteiger partial charge < -0.3 is 10.2 Å². The molecule has 2 saturated heterocycles. The van der Waals surface area contributed by atoms with Gasteiger partial charge in [-0.2, -0.15) is 0 Å². The first-order valence-corrected chi connectivity index (χ1v) is 4.99. The summed E-state index contributed by atoms with van der Waals surface area (Å²) in [4.78, 5) is 15.5. The topological polar surface area (TPSA) is 35.6 Å². The molecule has 1 N–H and O–H groups in total. The Bertz CT molecular complexity index is 201. The summed E-state index contributed by atoms with van der Waals surface area (Å²) in [6.45, 7) is 3.58. The molecule has 0 spiro atoms. The van der Waals surface area contributed by atoms with Crippen molar-refractivity contribution in [2.24, 2.45) is 0 Å². The van der Waals surface area contributed by atoms with Gasteiger partial charge in [-0.1, -0.05) is 0 Å². The maximum atomic E-state index is 11.4. The minimum absolute atomic E-state index is 0.250. The van der Waals surface area contributed by atoms with Crippen LogP contribution in [0.2, 0.25) is 0 Å². The number of piperazine rings is 1. The van der Waals surface area contributed by atoms with Gasteiger partial charge in [-0.15, -0.1) is 0 Å². The second-order valence-corrected chi connectivity index (χ2v) is 3.90. The predicted octanol–water partition coefficient (Wildman–Crippen LogP) is -0.530. The fraction of sp³-hybridized carbons (Fsp3) is 0.889. The van der Waals surface area contributed by atoms with Gasteiger partial charge in [0.25, 0.3) is 0 Å². The number of nitrogens with zero attached hydrogens (tertiary/aromatic N) is 2. The lowest BCUT2D eigenvalue weighted by molar-refractivity contribution is -0.135. The molecule has 4 heteroatoms. The Morgan fingerprint density at radius 2 is 2.31 bits per heavy atom. The summed E-state index contributed by atoms with van der Waals surface area (Å²) in [7, 11) is 1.88. The van der Waals surface area contributed by atoms with E-state index >= 15 is 0 Å². The highest BCUT2D eigenvalue weighted by Gasteiger charge is 2.28. The molecule has 4 nitrogen and oxygen atoms in total. The van der Waals surface area contributed by atoms with Crippen molar-refractivity contribution in [2.45, 2.75) is 19.0 Å². The highest BCUT2D eigenvalue weighted by molar-refractivity contribution is 5.78. The minimum Gasteiger partial charge on any atom is -0.343 e. The van der Waals surface area contributed by atoms with Gasteiger partial charge in [0.15, 0.2) is 0 Å². The zero-order valence-electron chi connectivity index (χ0n) is 8.12. The highest BCUT2D eigenvalue weighted by Crippen LogP contribution is 2.12. The first kappa shape index (κ1) is 8.97. The summed E-state index contributed by atoms with van der Waals surface area (Å²) in [5, 5.41) is 3.42. The smallest absolute Gasteiger partial charge is 0.236 e. The van der Waals surface area contributed by atoms with Gasteiger partial charge in [0, 0.05) is 20.1 Å². The molecule has 0 aromatic carbocycles. The van der Waals surface area contributed by atoms with Crippen LogP contribution in [-0.4, -0.2) is 55.1 Å². The van der Waals surface area contributed by atoms with E-state index in [0.29, 0.717) is 12.7 Å². The number of amides is 1. The molecule has 1 atom stereocenters. The van der Waals surface area contributed by atoms with Crippen LogP contribution in [0.4, 0.5) is 0 Å². The Balaban J connectivity index is 1.90. The zero-order valence-corrected chi connectivity index (χ0v) is 8.12. The van der Waals surface area contributed by atoms with Gasteiger partial charge in [0.05, 0.1) is 12.7 Å². The summed E-state index contributed by atoms with van der Waals surface area (Å²) in [6.07, 6.45) is 2.89. The van der Waals surface area contributed by atoms with Gasteiger partial charge in [-0.3, -0.25) is 9.69 Å². The van der Waals surface area contributed by atoms with Crippen LogP contribution >= 0.6 is 0 Å².